The van der Waals surface area contributed by atoms with Crippen molar-refractivity contribution in [3.63, 3.8) is 0 Å². The summed E-state index contributed by atoms with van der Waals surface area (Å²) in [7, 11) is -3.99. The van der Waals surface area contributed by atoms with Crippen LogP contribution in [0.2, 0.25) is 0 Å². The number of halogens is 2. The summed E-state index contributed by atoms with van der Waals surface area (Å²) in [6.45, 7) is 4.65. The summed E-state index contributed by atoms with van der Waals surface area (Å²) in [5, 5.41) is 16.8. The third-order valence-corrected chi connectivity index (χ3v) is 8.37. The molecule has 0 aromatic carbocycles. The third-order valence-electron chi connectivity index (χ3n) is 5.81. The molecule has 3 aromatic heterocycles. The van der Waals surface area contributed by atoms with E-state index in [4.69, 9.17) is 9.47 Å². The van der Waals surface area contributed by atoms with Gasteiger partial charge in [0.05, 0.1) is 49.5 Å². The number of aromatic nitrogens is 4. The van der Waals surface area contributed by atoms with Crippen molar-refractivity contribution in [2.24, 2.45) is 0 Å². The Bertz CT molecular complexity index is 1340. The van der Waals surface area contributed by atoms with Crippen LogP contribution < -0.4 is 9.62 Å². The van der Waals surface area contributed by atoms with Crippen LogP contribution in [0.3, 0.4) is 0 Å². The summed E-state index contributed by atoms with van der Waals surface area (Å²) in [4.78, 5) is 6.32. The molecule has 11 nitrogen and oxygen atoms in total. The van der Waals surface area contributed by atoms with Gasteiger partial charge in [-0.15, -0.1) is 10.2 Å². The fourth-order valence-corrected chi connectivity index (χ4v) is 6.30. The van der Waals surface area contributed by atoms with Crippen LogP contribution in [0.5, 0.6) is 0 Å². The molecule has 190 valence electrons. The molecule has 3 aromatic rings. The van der Waals surface area contributed by atoms with Crippen molar-refractivity contribution in [1.82, 2.24) is 24.3 Å². The van der Waals surface area contributed by atoms with E-state index >= 15 is 0 Å². The molecule has 0 saturated carbocycles. The van der Waals surface area contributed by atoms with E-state index < -0.39 is 33.1 Å². The zero-order valence-electron chi connectivity index (χ0n) is 18.9. The Morgan fingerprint density at radius 2 is 2.11 bits per heavy atom. The number of hydrogen-bond donors (Lipinski definition) is 2. The van der Waals surface area contributed by atoms with E-state index in [2.05, 4.69) is 19.9 Å². The molecular formula is C20H24F2N6O5S2. The summed E-state index contributed by atoms with van der Waals surface area (Å²) in [5.74, 6) is 0. The molecule has 2 saturated heterocycles. The van der Waals surface area contributed by atoms with Crippen molar-refractivity contribution < 1.29 is 31.8 Å². The van der Waals surface area contributed by atoms with Crippen LogP contribution in [0, 0.1) is 0 Å². The highest BCUT2D eigenvalue weighted by Crippen LogP contribution is 2.34. The number of fused-ring (bicyclic) bond motifs is 1. The Balaban J connectivity index is 1.65. The van der Waals surface area contributed by atoms with Gasteiger partial charge < -0.3 is 19.5 Å². The average molecular weight is 531 g/mol. The molecule has 0 radical (unpaired) electrons. The number of rotatable bonds is 7. The summed E-state index contributed by atoms with van der Waals surface area (Å²) in [6.07, 6.45) is -0.617. The van der Waals surface area contributed by atoms with Gasteiger partial charge in [0.1, 0.15) is 10.6 Å². The highest BCUT2D eigenvalue weighted by molar-refractivity contribution is 7.89. The maximum Gasteiger partial charge on any atom is 0.291 e. The number of anilines is 1. The van der Waals surface area contributed by atoms with Gasteiger partial charge >= 0.3 is 0 Å². The minimum Gasteiger partial charge on any atom is -0.394 e. The minimum absolute atomic E-state index is 0.0364. The molecule has 2 aliphatic rings. The maximum absolute atomic E-state index is 13.4. The van der Waals surface area contributed by atoms with E-state index in [1.54, 1.807) is 6.92 Å². The number of sulfonamides is 1. The monoisotopic (exact) mass is 530 g/mol. The number of hydrogen-bond acceptors (Lipinski definition) is 10. The highest BCUT2D eigenvalue weighted by Gasteiger charge is 2.38. The number of nitrogens with one attached hydrogen (secondary N) is 1. The topological polar surface area (TPSA) is 131 Å². The SMILES string of the molecule is C[C@H]1CN(c2cc(S(=O)(=O)NC3(C)COC3)cn3c(-c4nnc(C(F)F)s4)cnc23)C[C@H](CO)O1. The number of alkyl halides is 2. The Morgan fingerprint density at radius 1 is 1.34 bits per heavy atom. The Hall–Kier alpha value is -2.30. The van der Waals surface area contributed by atoms with Gasteiger partial charge in [-0.05, 0) is 19.9 Å². The number of imidazole rings is 1. The first-order chi connectivity index (χ1) is 16.6. The van der Waals surface area contributed by atoms with Crippen molar-refractivity contribution in [1.29, 1.82) is 0 Å². The predicted octanol–water partition coefficient (Wildman–Crippen LogP) is 1.44. The molecule has 2 atom stereocenters. The first-order valence-corrected chi connectivity index (χ1v) is 13.1. The Kier molecular flexibility index (Phi) is 6.26. The van der Waals surface area contributed by atoms with E-state index in [9.17, 15) is 22.3 Å². The van der Waals surface area contributed by atoms with Crippen LogP contribution in [0.1, 0.15) is 25.3 Å². The van der Waals surface area contributed by atoms with Crippen molar-refractivity contribution in [2.75, 3.05) is 37.8 Å². The predicted molar refractivity (Wildman–Crippen MR) is 122 cm³/mol. The van der Waals surface area contributed by atoms with Crippen molar-refractivity contribution in [3.05, 3.63) is 23.5 Å². The van der Waals surface area contributed by atoms with Gasteiger partial charge in [-0.1, -0.05) is 11.3 Å². The third kappa shape index (κ3) is 4.63. The van der Waals surface area contributed by atoms with E-state index in [0.29, 0.717) is 41.5 Å². The average Bonchev–Trinajstić information content (AvgIpc) is 3.43. The molecule has 0 spiro atoms. The van der Waals surface area contributed by atoms with Crippen LogP contribution in [-0.2, 0) is 19.5 Å². The minimum atomic E-state index is -3.99. The number of nitrogens with zero attached hydrogens (tertiary/aromatic N) is 5. The Morgan fingerprint density at radius 3 is 2.74 bits per heavy atom. The molecule has 2 N–H and O–H groups in total. The lowest BCUT2D eigenvalue weighted by molar-refractivity contribution is -0.0523. The highest BCUT2D eigenvalue weighted by atomic mass is 32.2. The molecule has 5 heterocycles. The Labute approximate surface area is 203 Å². The molecule has 15 heteroatoms. The van der Waals surface area contributed by atoms with Crippen molar-refractivity contribution >= 4 is 32.7 Å². The largest absolute Gasteiger partial charge is 0.394 e. The number of ether oxygens (including phenoxy) is 2. The van der Waals surface area contributed by atoms with Crippen LogP contribution in [0.15, 0.2) is 23.4 Å². The second-order valence-electron chi connectivity index (χ2n) is 8.96. The molecule has 35 heavy (non-hydrogen) atoms. The smallest absolute Gasteiger partial charge is 0.291 e. The fourth-order valence-electron chi connectivity index (χ4n) is 4.20. The van der Waals surface area contributed by atoms with Crippen LogP contribution in [-0.4, -0.2) is 83.8 Å². The van der Waals surface area contributed by atoms with Crippen molar-refractivity contribution in [3.8, 4) is 10.7 Å². The number of aliphatic hydroxyl groups is 1. The van der Waals surface area contributed by atoms with Gasteiger partial charge in [-0.25, -0.2) is 26.9 Å². The second kappa shape index (κ2) is 8.97. The van der Waals surface area contributed by atoms with Crippen LogP contribution in [0.4, 0.5) is 14.5 Å². The molecule has 0 unspecified atom stereocenters. The summed E-state index contributed by atoms with van der Waals surface area (Å²) >= 11 is 0.714. The maximum atomic E-state index is 13.4. The molecular weight excluding hydrogens is 506 g/mol. The molecule has 2 aliphatic heterocycles. The summed E-state index contributed by atoms with van der Waals surface area (Å²) in [5.41, 5.74) is 0.519. The van der Waals surface area contributed by atoms with Gasteiger partial charge in [-0.3, -0.25) is 4.40 Å². The summed E-state index contributed by atoms with van der Waals surface area (Å²) < 4.78 is 68.1. The van der Waals surface area contributed by atoms with E-state index in [1.165, 1.54) is 22.9 Å². The van der Waals surface area contributed by atoms with Gasteiger partial charge in [0, 0.05) is 19.3 Å². The van der Waals surface area contributed by atoms with Gasteiger partial charge in [-0.2, -0.15) is 0 Å². The molecule has 2 fully saturated rings. The first kappa shape index (κ1) is 24.4. The quantitative estimate of drug-likeness (QED) is 0.466. The van der Waals surface area contributed by atoms with E-state index in [0.717, 1.165) is 0 Å². The van der Waals surface area contributed by atoms with E-state index in [1.807, 2.05) is 11.8 Å². The van der Waals surface area contributed by atoms with Gasteiger partial charge in [0.15, 0.2) is 15.7 Å². The lowest BCUT2D eigenvalue weighted by Crippen LogP contribution is -2.59. The number of pyridine rings is 1. The van der Waals surface area contributed by atoms with Crippen LogP contribution >= 0.6 is 11.3 Å². The zero-order chi connectivity index (χ0) is 25.0. The molecule has 0 bridgehead atoms. The fraction of sp³-hybridized carbons (Fsp3) is 0.550. The molecule has 5 rings (SSSR count). The van der Waals surface area contributed by atoms with E-state index in [-0.39, 0.29) is 35.8 Å². The normalized spacial score (nSPS) is 22.6. The zero-order valence-corrected chi connectivity index (χ0v) is 20.5. The van der Waals surface area contributed by atoms with Crippen LogP contribution in [0.25, 0.3) is 16.3 Å². The standard InChI is InChI=1S/C20H24F2N6O5S2/c1-11-5-27(6-12(8-29)33-11)14-3-13(35(30,31)26-20(2)9-32-10-20)7-28-15(4-23-17(14)28)18-24-25-19(34-18)16(21)22/h3-4,7,11-12,16,26,29H,5-6,8-10H2,1-2H3/t11-,12+/m0/s1. The van der Waals surface area contributed by atoms with Crippen molar-refractivity contribution in [2.45, 2.75) is 42.9 Å². The summed E-state index contributed by atoms with van der Waals surface area (Å²) in [6, 6.07) is 1.52. The second-order valence-corrected chi connectivity index (χ2v) is 11.7. The lowest BCUT2D eigenvalue weighted by Gasteiger charge is -2.39. The number of morpholine rings is 1. The first-order valence-electron chi connectivity index (χ1n) is 10.8. The molecule has 0 aliphatic carbocycles. The molecule has 0 amide bonds. The lowest BCUT2D eigenvalue weighted by atomic mass is 10.0. The van der Waals surface area contributed by atoms with Gasteiger partial charge in [0.25, 0.3) is 6.43 Å². The number of aliphatic hydroxyl groups excluding tert-OH is 1. The van der Waals surface area contributed by atoms with Gasteiger partial charge in [0.2, 0.25) is 10.0 Å².